The summed E-state index contributed by atoms with van der Waals surface area (Å²) < 4.78 is 0. The normalized spacial score (nSPS) is 14.0. The Morgan fingerprint density at radius 2 is 2.30 bits per heavy atom. The number of hydrogen-bond acceptors (Lipinski definition) is 4. The number of aromatic nitrogens is 2. The van der Waals surface area contributed by atoms with E-state index in [4.69, 9.17) is 0 Å². The van der Waals surface area contributed by atoms with Crippen LogP contribution in [0, 0.1) is 0 Å². The molecule has 6 heteroatoms. The first-order valence-corrected chi connectivity index (χ1v) is 7.59. The van der Waals surface area contributed by atoms with Crippen molar-refractivity contribution in [3.63, 3.8) is 0 Å². The average Bonchev–Trinajstić information content (AvgIpc) is 3.15. The molecule has 0 radical (unpaired) electrons. The summed E-state index contributed by atoms with van der Waals surface area (Å²) in [6, 6.07) is 6.11. The lowest BCUT2D eigenvalue weighted by Crippen LogP contribution is -2.37. The van der Waals surface area contributed by atoms with Crippen molar-refractivity contribution in [1.29, 1.82) is 0 Å². The lowest BCUT2D eigenvalue weighted by Gasteiger charge is -2.04. The van der Waals surface area contributed by atoms with E-state index >= 15 is 0 Å². The number of carbonyl (C=O) groups is 1. The van der Waals surface area contributed by atoms with Crippen molar-refractivity contribution in [3.05, 3.63) is 35.5 Å². The molecule has 5 nitrogen and oxygen atoms in total. The van der Waals surface area contributed by atoms with Gasteiger partial charge in [0.15, 0.2) is 0 Å². The van der Waals surface area contributed by atoms with E-state index in [-0.39, 0.29) is 6.03 Å². The largest absolute Gasteiger partial charge is 0.338 e. The standard InChI is InChI=1S/C14H16N4OS/c19-14(18-10-4-5-10)16-8-6-11-9-20-13(17-11)12-3-1-2-7-15-12/h1-3,7,9-10H,4-6,8H2,(H2,16,18,19). The molecular weight excluding hydrogens is 272 g/mol. The predicted octanol–water partition coefficient (Wildman–Crippen LogP) is 2.21. The topological polar surface area (TPSA) is 66.9 Å². The van der Waals surface area contributed by atoms with Gasteiger partial charge < -0.3 is 10.6 Å². The molecule has 0 bridgehead atoms. The molecule has 104 valence electrons. The van der Waals surface area contributed by atoms with Crippen molar-refractivity contribution in [2.75, 3.05) is 6.54 Å². The van der Waals surface area contributed by atoms with Crippen LogP contribution in [0.2, 0.25) is 0 Å². The first kappa shape index (κ1) is 13.1. The van der Waals surface area contributed by atoms with Crippen molar-refractivity contribution >= 4 is 17.4 Å². The van der Waals surface area contributed by atoms with Gasteiger partial charge in [-0.05, 0) is 25.0 Å². The van der Waals surface area contributed by atoms with Gasteiger partial charge in [-0.25, -0.2) is 9.78 Å². The predicted molar refractivity (Wildman–Crippen MR) is 78.6 cm³/mol. The van der Waals surface area contributed by atoms with E-state index in [1.54, 1.807) is 17.5 Å². The summed E-state index contributed by atoms with van der Waals surface area (Å²) in [7, 11) is 0. The molecule has 20 heavy (non-hydrogen) atoms. The Balaban J connectivity index is 1.48. The van der Waals surface area contributed by atoms with Crippen LogP contribution in [0.4, 0.5) is 4.79 Å². The van der Waals surface area contributed by atoms with Gasteiger partial charge in [0.1, 0.15) is 5.01 Å². The summed E-state index contributed by atoms with van der Waals surface area (Å²) >= 11 is 1.58. The summed E-state index contributed by atoms with van der Waals surface area (Å²) in [4.78, 5) is 20.3. The number of carbonyl (C=O) groups excluding carboxylic acids is 1. The lowest BCUT2D eigenvalue weighted by atomic mass is 10.3. The minimum atomic E-state index is -0.0762. The second-order valence-corrected chi connectivity index (χ2v) is 5.64. The van der Waals surface area contributed by atoms with Crippen LogP contribution in [0.25, 0.3) is 10.7 Å². The zero-order valence-electron chi connectivity index (χ0n) is 11.0. The molecule has 0 saturated heterocycles. The smallest absolute Gasteiger partial charge is 0.315 e. The zero-order valence-corrected chi connectivity index (χ0v) is 11.8. The van der Waals surface area contributed by atoms with Gasteiger partial charge in [-0.1, -0.05) is 6.07 Å². The minimum absolute atomic E-state index is 0.0762. The van der Waals surface area contributed by atoms with Gasteiger partial charge in [0, 0.05) is 30.6 Å². The van der Waals surface area contributed by atoms with Gasteiger partial charge >= 0.3 is 6.03 Å². The van der Waals surface area contributed by atoms with Gasteiger partial charge in [0.05, 0.1) is 11.4 Å². The van der Waals surface area contributed by atoms with Gasteiger partial charge in [-0.15, -0.1) is 11.3 Å². The van der Waals surface area contributed by atoms with Crippen LogP contribution in [-0.2, 0) is 6.42 Å². The maximum atomic E-state index is 11.5. The number of hydrogen-bond donors (Lipinski definition) is 2. The van der Waals surface area contributed by atoms with Crippen molar-refractivity contribution in [2.24, 2.45) is 0 Å². The van der Waals surface area contributed by atoms with Crippen molar-refractivity contribution in [3.8, 4) is 10.7 Å². The van der Waals surface area contributed by atoms with Gasteiger partial charge in [-0.3, -0.25) is 4.98 Å². The van der Waals surface area contributed by atoms with E-state index in [1.807, 2.05) is 23.6 Å². The quantitative estimate of drug-likeness (QED) is 0.886. The summed E-state index contributed by atoms with van der Waals surface area (Å²) in [5, 5.41) is 8.68. The Bertz CT molecular complexity index is 580. The second-order valence-electron chi connectivity index (χ2n) is 4.78. The van der Waals surface area contributed by atoms with Crippen molar-refractivity contribution < 1.29 is 4.79 Å². The lowest BCUT2D eigenvalue weighted by molar-refractivity contribution is 0.240. The highest BCUT2D eigenvalue weighted by atomic mass is 32.1. The fourth-order valence-electron chi connectivity index (χ4n) is 1.80. The van der Waals surface area contributed by atoms with Gasteiger partial charge in [0.2, 0.25) is 0 Å². The zero-order chi connectivity index (χ0) is 13.8. The molecule has 2 aromatic heterocycles. The van der Waals surface area contributed by atoms with Crippen LogP contribution in [0.3, 0.4) is 0 Å². The number of amides is 2. The molecule has 0 unspecified atom stereocenters. The highest BCUT2D eigenvalue weighted by molar-refractivity contribution is 7.13. The van der Waals surface area contributed by atoms with Crippen LogP contribution in [-0.4, -0.2) is 28.6 Å². The van der Waals surface area contributed by atoms with Crippen LogP contribution in [0.1, 0.15) is 18.5 Å². The van der Waals surface area contributed by atoms with Crippen molar-refractivity contribution in [1.82, 2.24) is 20.6 Å². The van der Waals surface area contributed by atoms with Crippen molar-refractivity contribution in [2.45, 2.75) is 25.3 Å². The molecule has 0 aromatic carbocycles. The molecule has 2 aromatic rings. The number of nitrogens with zero attached hydrogens (tertiary/aromatic N) is 2. The minimum Gasteiger partial charge on any atom is -0.338 e. The van der Waals surface area contributed by atoms with Crippen LogP contribution in [0.5, 0.6) is 0 Å². The van der Waals surface area contributed by atoms with Crippen LogP contribution < -0.4 is 10.6 Å². The number of urea groups is 1. The molecule has 0 atom stereocenters. The van der Waals surface area contributed by atoms with E-state index in [9.17, 15) is 4.79 Å². The highest BCUT2D eigenvalue weighted by Gasteiger charge is 2.22. The number of rotatable bonds is 5. The van der Waals surface area contributed by atoms with Crippen LogP contribution in [0.15, 0.2) is 29.8 Å². The van der Waals surface area contributed by atoms with E-state index in [0.29, 0.717) is 12.6 Å². The second kappa shape index (κ2) is 6.00. The van der Waals surface area contributed by atoms with Gasteiger partial charge in [0.25, 0.3) is 0 Å². The number of thiazole rings is 1. The van der Waals surface area contributed by atoms with Gasteiger partial charge in [-0.2, -0.15) is 0 Å². The first-order valence-electron chi connectivity index (χ1n) is 6.71. The molecule has 1 aliphatic rings. The molecule has 0 aliphatic heterocycles. The SMILES string of the molecule is O=C(NCCc1csc(-c2ccccn2)n1)NC1CC1. The summed E-state index contributed by atoms with van der Waals surface area (Å²) in [6.07, 6.45) is 4.71. The molecule has 1 aliphatic carbocycles. The molecule has 2 N–H and O–H groups in total. The third-order valence-electron chi connectivity index (χ3n) is 3.02. The van der Waals surface area contributed by atoms with E-state index in [2.05, 4.69) is 20.6 Å². The maximum absolute atomic E-state index is 11.5. The monoisotopic (exact) mass is 288 g/mol. The molecule has 1 fully saturated rings. The van der Waals surface area contributed by atoms with E-state index < -0.39 is 0 Å². The molecule has 0 spiro atoms. The molecule has 3 rings (SSSR count). The number of pyridine rings is 1. The fraction of sp³-hybridized carbons (Fsp3) is 0.357. The molecule has 2 heterocycles. The summed E-state index contributed by atoms with van der Waals surface area (Å²) in [6.45, 7) is 0.601. The summed E-state index contributed by atoms with van der Waals surface area (Å²) in [5.41, 5.74) is 1.88. The fourth-order valence-corrected chi connectivity index (χ4v) is 2.63. The Morgan fingerprint density at radius 3 is 3.05 bits per heavy atom. The Morgan fingerprint density at radius 1 is 1.40 bits per heavy atom. The van der Waals surface area contributed by atoms with Crippen LogP contribution >= 0.6 is 11.3 Å². The molecule has 2 amide bonds. The average molecular weight is 288 g/mol. The Labute approximate surface area is 121 Å². The maximum Gasteiger partial charge on any atom is 0.315 e. The third kappa shape index (κ3) is 3.54. The molecule has 1 saturated carbocycles. The summed E-state index contributed by atoms with van der Waals surface area (Å²) in [5.74, 6) is 0. The Hall–Kier alpha value is -1.95. The molecular formula is C14H16N4OS. The highest BCUT2D eigenvalue weighted by Crippen LogP contribution is 2.21. The number of nitrogens with one attached hydrogen (secondary N) is 2. The third-order valence-corrected chi connectivity index (χ3v) is 3.93. The van der Waals surface area contributed by atoms with E-state index in [0.717, 1.165) is 35.7 Å². The van der Waals surface area contributed by atoms with E-state index in [1.165, 1.54) is 0 Å². The Kier molecular flexibility index (Phi) is 3.92. The first-order chi connectivity index (χ1) is 9.81.